The molecule has 0 saturated carbocycles. The maximum atomic E-state index is 9.03. The average Bonchev–Trinajstić information content (AvgIpc) is 2.70. The molecular weight excluding hydrogens is 194 g/mol. The zero-order valence-electron chi connectivity index (χ0n) is 8.70. The molecule has 0 aliphatic carbocycles. The molecule has 1 aromatic carbocycles. The first-order valence-electron chi connectivity index (χ1n) is 4.63. The fraction of sp³-hybridized carbons (Fsp3) is 0.273. The van der Waals surface area contributed by atoms with E-state index in [1.807, 2.05) is 18.2 Å². The van der Waals surface area contributed by atoms with Crippen LogP contribution in [0.5, 0.6) is 11.5 Å². The number of hydrogen-bond donors (Lipinski definition) is 2. The molecule has 80 valence electrons. The number of aromatic amines is 1. The normalized spacial score (nSPS) is 10.6. The Morgan fingerprint density at radius 3 is 2.67 bits per heavy atom. The average molecular weight is 207 g/mol. The van der Waals surface area contributed by atoms with E-state index in [1.165, 1.54) is 0 Å². The molecule has 4 nitrogen and oxygen atoms in total. The lowest BCUT2D eigenvalue weighted by atomic mass is 10.2. The van der Waals surface area contributed by atoms with Crippen LogP contribution in [-0.4, -0.2) is 24.3 Å². The maximum absolute atomic E-state index is 9.03. The highest BCUT2D eigenvalue weighted by Gasteiger charge is 2.10. The molecule has 1 aromatic heterocycles. The molecule has 0 aliphatic rings. The number of benzene rings is 1. The van der Waals surface area contributed by atoms with Crippen molar-refractivity contribution in [3.8, 4) is 11.5 Å². The van der Waals surface area contributed by atoms with Crippen LogP contribution < -0.4 is 9.47 Å². The number of ether oxygens (including phenoxy) is 2. The van der Waals surface area contributed by atoms with Gasteiger partial charge in [-0.25, -0.2) is 0 Å². The van der Waals surface area contributed by atoms with Gasteiger partial charge in [-0.3, -0.25) is 0 Å². The molecule has 1 heterocycles. The van der Waals surface area contributed by atoms with Crippen LogP contribution in [0, 0.1) is 0 Å². The number of nitrogens with one attached hydrogen (secondary N) is 1. The Morgan fingerprint density at radius 1 is 1.27 bits per heavy atom. The van der Waals surface area contributed by atoms with Gasteiger partial charge in [-0.05, 0) is 18.2 Å². The van der Waals surface area contributed by atoms with Crippen molar-refractivity contribution in [1.29, 1.82) is 0 Å². The predicted octanol–water partition coefficient (Wildman–Crippen LogP) is 1.68. The van der Waals surface area contributed by atoms with Gasteiger partial charge in [-0.15, -0.1) is 0 Å². The van der Waals surface area contributed by atoms with Gasteiger partial charge < -0.3 is 19.6 Å². The molecule has 0 saturated heterocycles. The molecule has 2 rings (SSSR count). The third-order valence-corrected chi connectivity index (χ3v) is 2.37. The van der Waals surface area contributed by atoms with Gasteiger partial charge in [0.2, 0.25) is 0 Å². The molecule has 0 amide bonds. The zero-order valence-corrected chi connectivity index (χ0v) is 8.70. The number of methoxy groups -OCH3 is 2. The number of fused-ring (bicyclic) bond motifs is 1. The fourth-order valence-corrected chi connectivity index (χ4v) is 1.67. The summed E-state index contributed by atoms with van der Waals surface area (Å²) in [6.45, 7) is -0.0137. The monoisotopic (exact) mass is 207 g/mol. The molecule has 4 heteroatoms. The molecule has 0 spiro atoms. The maximum Gasteiger partial charge on any atom is 0.170 e. The molecule has 0 bridgehead atoms. The number of rotatable bonds is 3. The summed E-state index contributed by atoms with van der Waals surface area (Å²) in [7, 11) is 3.20. The van der Waals surface area contributed by atoms with Crippen molar-refractivity contribution in [2.24, 2.45) is 0 Å². The Morgan fingerprint density at radius 2 is 2.07 bits per heavy atom. The second-order valence-electron chi connectivity index (χ2n) is 3.21. The van der Waals surface area contributed by atoms with Crippen LogP contribution in [0.3, 0.4) is 0 Å². The molecule has 15 heavy (non-hydrogen) atoms. The first-order valence-corrected chi connectivity index (χ1v) is 4.63. The summed E-state index contributed by atoms with van der Waals surface area (Å²) in [5.41, 5.74) is 1.69. The molecule has 0 radical (unpaired) electrons. The summed E-state index contributed by atoms with van der Waals surface area (Å²) in [6.07, 6.45) is 0. The molecule has 2 N–H and O–H groups in total. The van der Waals surface area contributed by atoms with Crippen molar-refractivity contribution in [1.82, 2.24) is 4.98 Å². The minimum absolute atomic E-state index is 0.0137. The van der Waals surface area contributed by atoms with E-state index in [4.69, 9.17) is 14.6 Å². The minimum atomic E-state index is -0.0137. The SMILES string of the molecule is COc1ccc2[nH]c(CO)cc2c1OC. The number of hydrogen-bond acceptors (Lipinski definition) is 3. The van der Waals surface area contributed by atoms with E-state index < -0.39 is 0 Å². The van der Waals surface area contributed by atoms with Crippen molar-refractivity contribution in [3.63, 3.8) is 0 Å². The first-order chi connectivity index (χ1) is 7.30. The number of H-pyrrole nitrogens is 1. The summed E-state index contributed by atoms with van der Waals surface area (Å²) < 4.78 is 10.5. The molecular formula is C11H13NO3. The van der Waals surface area contributed by atoms with Gasteiger partial charge in [-0.2, -0.15) is 0 Å². The summed E-state index contributed by atoms with van der Waals surface area (Å²) in [5.74, 6) is 1.37. The zero-order chi connectivity index (χ0) is 10.8. The van der Waals surface area contributed by atoms with Crippen LogP contribution in [0.1, 0.15) is 5.69 Å². The molecule has 0 unspecified atom stereocenters. The van der Waals surface area contributed by atoms with Gasteiger partial charge in [0.25, 0.3) is 0 Å². The third kappa shape index (κ3) is 1.53. The topological polar surface area (TPSA) is 54.5 Å². The van der Waals surface area contributed by atoms with Crippen LogP contribution in [0.15, 0.2) is 18.2 Å². The second-order valence-corrected chi connectivity index (χ2v) is 3.21. The predicted molar refractivity (Wildman–Crippen MR) is 57.3 cm³/mol. The van der Waals surface area contributed by atoms with E-state index in [9.17, 15) is 0 Å². The van der Waals surface area contributed by atoms with Gasteiger partial charge in [0, 0.05) is 16.6 Å². The van der Waals surface area contributed by atoms with Gasteiger partial charge >= 0.3 is 0 Å². The Labute approximate surface area is 87.4 Å². The molecule has 0 atom stereocenters. The lowest BCUT2D eigenvalue weighted by Crippen LogP contribution is -1.90. The molecule has 2 aromatic rings. The van der Waals surface area contributed by atoms with Crippen LogP contribution in [0.4, 0.5) is 0 Å². The molecule has 0 fully saturated rings. The highest BCUT2D eigenvalue weighted by atomic mass is 16.5. The Bertz CT molecular complexity index is 476. The van der Waals surface area contributed by atoms with Crippen LogP contribution >= 0.6 is 0 Å². The van der Waals surface area contributed by atoms with Gasteiger partial charge in [0.05, 0.1) is 20.8 Å². The van der Waals surface area contributed by atoms with Crippen molar-refractivity contribution >= 4 is 10.9 Å². The Hall–Kier alpha value is -1.68. The summed E-state index contributed by atoms with van der Waals surface area (Å²) in [6, 6.07) is 5.59. The Balaban J connectivity index is 2.69. The van der Waals surface area contributed by atoms with Gasteiger partial charge in [-0.1, -0.05) is 0 Å². The minimum Gasteiger partial charge on any atom is -0.493 e. The van der Waals surface area contributed by atoms with Crippen LogP contribution in [-0.2, 0) is 6.61 Å². The largest absolute Gasteiger partial charge is 0.493 e. The van der Waals surface area contributed by atoms with Crippen LogP contribution in [0.2, 0.25) is 0 Å². The highest BCUT2D eigenvalue weighted by Crippen LogP contribution is 2.35. The van der Waals surface area contributed by atoms with Crippen molar-refractivity contribution in [3.05, 3.63) is 23.9 Å². The van der Waals surface area contributed by atoms with E-state index in [-0.39, 0.29) is 6.61 Å². The fourth-order valence-electron chi connectivity index (χ4n) is 1.67. The van der Waals surface area contributed by atoms with E-state index in [1.54, 1.807) is 14.2 Å². The highest BCUT2D eigenvalue weighted by molar-refractivity contribution is 5.89. The third-order valence-electron chi connectivity index (χ3n) is 2.37. The first kappa shape index (κ1) is 9.86. The second kappa shape index (κ2) is 3.82. The summed E-state index contributed by atoms with van der Waals surface area (Å²) >= 11 is 0. The van der Waals surface area contributed by atoms with Crippen molar-refractivity contribution < 1.29 is 14.6 Å². The molecule has 0 aliphatic heterocycles. The number of aliphatic hydroxyl groups excluding tert-OH is 1. The van der Waals surface area contributed by atoms with E-state index in [0.717, 1.165) is 16.6 Å². The van der Waals surface area contributed by atoms with Gasteiger partial charge in [0.15, 0.2) is 11.5 Å². The Kier molecular flexibility index (Phi) is 2.51. The van der Waals surface area contributed by atoms with Gasteiger partial charge in [0.1, 0.15) is 0 Å². The van der Waals surface area contributed by atoms with E-state index in [2.05, 4.69) is 4.98 Å². The van der Waals surface area contributed by atoms with E-state index in [0.29, 0.717) is 11.5 Å². The summed E-state index contributed by atoms with van der Waals surface area (Å²) in [5, 5.41) is 9.94. The lowest BCUT2D eigenvalue weighted by molar-refractivity contribution is 0.278. The lowest BCUT2D eigenvalue weighted by Gasteiger charge is -2.07. The van der Waals surface area contributed by atoms with E-state index >= 15 is 0 Å². The smallest absolute Gasteiger partial charge is 0.170 e. The van der Waals surface area contributed by atoms with Crippen LogP contribution in [0.25, 0.3) is 10.9 Å². The standard InChI is InChI=1S/C11H13NO3/c1-14-10-4-3-9-8(11(10)15-2)5-7(6-13)12-9/h3-5,12-13H,6H2,1-2H3. The van der Waals surface area contributed by atoms with Crippen molar-refractivity contribution in [2.45, 2.75) is 6.61 Å². The van der Waals surface area contributed by atoms with Crippen molar-refractivity contribution in [2.75, 3.05) is 14.2 Å². The summed E-state index contributed by atoms with van der Waals surface area (Å²) in [4.78, 5) is 3.09. The number of aromatic nitrogens is 1. The quantitative estimate of drug-likeness (QED) is 0.805. The number of aliphatic hydroxyl groups is 1.